The van der Waals surface area contributed by atoms with Crippen molar-refractivity contribution in [2.45, 2.75) is 6.61 Å². The first-order chi connectivity index (χ1) is 6.20. The zero-order valence-electron chi connectivity index (χ0n) is 7.16. The summed E-state index contributed by atoms with van der Waals surface area (Å²) >= 11 is 3.39. The standard InChI is InChI=1S/C9H9BrN2O/c1-12-4-6-2-8(10)7(5-13)3-9(6)11-12/h2-4,13H,5H2,1H3. The molecule has 3 nitrogen and oxygen atoms in total. The van der Waals surface area contributed by atoms with Gasteiger partial charge < -0.3 is 5.11 Å². The molecule has 1 heterocycles. The number of rotatable bonds is 1. The van der Waals surface area contributed by atoms with Crippen LogP contribution in [0.25, 0.3) is 10.9 Å². The molecule has 0 amide bonds. The molecule has 1 N–H and O–H groups in total. The highest BCUT2D eigenvalue weighted by Gasteiger charge is 2.04. The topological polar surface area (TPSA) is 38.0 Å². The Morgan fingerprint density at radius 2 is 2.31 bits per heavy atom. The van der Waals surface area contributed by atoms with Crippen LogP contribution >= 0.6 is 15.9 Å². The molecule has 1 aromatic heterocycles. The molecule has 0 fully saturated rings. The molecular weight excluding hydrogens is 232 g/mol. The maximum atomic E-state index is 9.02. The fraction of sp³-hybridized carbons (Fsp3) is 0.222. The van der Waals surface area contributed by atoms with Crippen LogP contribution in [0.3, 0.4) is 0 Å². The average molecular weight is 241 g/mol. The summed E-state index contributed by atoms with van der Waals surface area (Å²) in [4.78, 5) is 0. The number of aliphatic hydroxyl groups excluding tert-OH is 1. The molecule has 0 radical (unpaired) electrons. The van der Waals surface area contributed by atoms with Crippen molar-refractivity contribution in [2.75, 3.05) is 0 Å². The number of aromatic nitrogens is 2. The van der Waals surface area contributed by atoms with Crippen LogP contribution in [0.2, 0.25) is 0 Å². The maximum absolute atomic E-state index is 9.02. The van der Waals surface area contributed by atoms with Crippen molar-refractivity contribution in [3.05, 3.63) is 28.4 Å². The first kappa shape index (κ1) is 8.72. The first-order valence-corrected chi connectivity index (χ1v) is 4.72. The number of benzene rings is 1. The van der Waals surface area contributed by atoms with Crippen molar-refractivity contribution in [3.63, 3.8) is 0 Å². The van der Waals surface area contributed by atoms with Crippen molar-refractivity contribution >= 4 is 26.8 Å². The second-order valence-electron chi connectivity index (χ2n) is 2.96. The Hall–Kier alpha value is -0.870. The number of aryl methyl sites for hydroxylation is 1. The number of fused-ring (bicyclic) bond motifs is 1. The number of halogens is 1. The van der Waals surface area contributed by atoms with Gasteiger partial charge in [0.05, 0.1) is 12.1 Å². The Bertz CT molecular complexity index is 450. The molecule has 0 saturated heterocycles. The Morgan fingerprint density at radius 3 is 3.00 bits per heavy atom. The maximum Gasteiger partial charge on any atom is 0.0927 e. The fourth-order valence-electron chi connectivity index (χ4n) is 1.33. The highest BCUT2D eigenvalue weighted by molar-refractivity contribution is 9.10. The zero-order valence-corrected chi connectivity index (χ0v) is 8.74. The van der Waals surface area contributed by atoms with Crippen LogP contribution in [0, 0.1) is 0 Å². The summed E-state index contributed by atoms with van der Waals surface area (Å²) in [6.45, 7) is 0.0348. The van der Waals surface area contributed by atoms with Crippen LogP contribution in [0.4, 0.5) is 0 Å². The van der Waals surface area contributed by atoms with Gasteiger partial charge in [0.15, 0.2) is 0 Å². The van der Waals surface area contributed by atoms with Gasteiger partial charge in [0.2, 0.25) is 0 Å². The Kier molecular flexibility index (Phi) is 2.09. The lowest BCUT2D eigenvalue weighted by Gasteiger charge is -1.98. The van der Waals surface area contributed by atoms with Gasteiger partial charge in [0, 0.05) is 23.1 Å². The Balaban J connectivity index is 2.72. The number of aliphatic hydroxyl groups is 1. The normalized spacial score (nSPS) is 11.0. The fourth-order valence-corrected chi connectivity index (χ4v) is 1.82. The van der Waals surface area contributed by atoms with E-state index in [1.807, 2.05) is 25.4 Å². The summed E-state index contributed by atoms with van der Waals surface area (Å²) in [5, 5.41) is 14.3. The van der Waals surface area contributed by atoms with E-state index in [-0.39, 0.29) is 6.61 Å². The average Bonchev–Trinajstić information content (AvgIpc) is 2.42. The molecule has 0 aliphatic carbocycles. The molecule has 1 aromatic carbocycles. The van der Waals surface area contributed by atoms with Gasteiger partial charge in [0.1, 0.15) is 0 Å². The first-order valence-electron chi connectivity index (χ1n) is 3.93. The van der Waals surface area contributed by atoms with Crippen molar-refractivity contribution in [2.24, 2.45) is 7.05 Å². The van der Waals surface area contributed by atoms with E-state index in [2.05, 4.69) is 21.0 Å². The molecule has 2 rings (SSSR count). The Labute approximate surface area is 84.1 Å². The highest BCUT2D eigenvalue weighted by Crippen LogP contribution is 2.23. The van der Waals surface area contributed by atoms with Crippen LogP contribution < -0.4 is 0 Å². The highest BCUT2D eigenvalue weighted by atomic mass is 79.9. The summed E-state index contributed by atoms with van der Waals surface area (Å²) in [6, 6.07) is 3.85. The van der Waals surface area contributed by atoms with Crippen LogP contribution in [0.15, 0.2) is 22.8 Å². The van der Waals surface area contributed by atoms with E-state index >= 15 is 0 Å². The number of nitrogens with zero attached hydrogens (tertiary/aromatic N) is 2. The Morgan fingerprint density at radius 1 is 1.54 bits per heavy atom. The molecule has 0 bridgehead atoms. The lowest BCUT2D eigenvalue weighted by atomic mass is 10.2. The molecule has 13 heavy (non-hydrogen) atoms. The second kappa shape index (κ2) is 3.12. The quantitative estimate of drug-likeness (QED) is 0.827. The lowest BCUT2D eigenvalue weighted by molar-refractivity contribution is 0.281. The monoisotopic (exact) mass is 240 g/mol. The predicted octanol–water partition coefficient (Wildman–Crippen LogP) is 1.83. The third-order valence-corrected chi connectivity index (χ3v) is 2.70. The molecule has 2 aromatic rings. The molecule has 4 heteroatoms. The molecule has 0 spiro atoms. The summed E-state index contributed by atoms with van der Waals surface area (Å²) in [5.41, 5.74) is 1.78. The van der Waals surface area contributed by atoms with E-state index in [9.17, 15) is 0 Å². The molecular formula is C9H9BrN2O. The van der Waals surface area contributed by atoms with Gasteiger partial charge in [-0.3, -0.25) is 4.68 Å². The summed E-state index contributed by atoms with van der Waals surface area (Å²) < 4.78 is 2.69. The van der Waals surface area contributed by atoms with E-state index in [0.29, 0.717) is 0 Å². The van der Waals surface area contributed by atoms with Crippen molar-refractivity contribution in [3.8, 4) is 0 Å². The van der Waals surface area contributed by atoms with Crippen LogP contribution in [0.5, 0.6) is 0 Å². The van der Waals surface area contributed by atoms with Crippen LogP contribution in [-0.2, 0) is 13.7 Å². The SMILES string of the molecule is Cn1cc2cc(Br)c(CO)cc2n1. The van der Waals surface area contributed by atoms with Crippen molar-refractivity contribution in [1.29, 1.82) is 0 Å². The van der Waals surface area contributed by atoms with Crippen LogP contribution in [-0.4, -0.2) is 14.9 Å². The van der Waals surface area contributed by atoms with E-state index in [1.165, 1.54) is 0 Å². The number of hydrogen-bond donors (Lipinski definition) is 1. The molecule has 0 aliphatic heterocycles. The summed E-state index contributed by atoms with van der Waals surface area (Å²) in [6.07, 6.45) is 1.95. The van der Waals surface area contributed by atoms with Crippen molar-refractivity contribution < 1.29 is 5.11 Å². The van der Waals surface area contributed by atoms with Gasteiger partial charge in [-0.1, -0.05) is 15.9 Å². The molecule has 0 aliphatic rings. The zero-order chi connectivity index (χ0) is 9.42. The summed E-state index contributed by atoms with van der Waals surface area (Å²) in [5.74, 6) is 0. The molecule has 0 saturated carbocycles. The van der Waals surface area contributed by atoms with Gasteiger partial charge in [-0.05, 0) is 17.7 Å². The van der Waals surface area contributed by atoms with Gasteiger partial charge in [-0.25, -0.2) is 0 Å². The lowest BCUT2D eigenvalue weighted by Crippen LogP contribution is -1.86. The second-order valence-corrected chi connectivity index (χ2v) is 3.82. The molecule has 68 valence electrons. The smallest absolute Gasteiger partial charge is 0.0927 e. The predicted molar refractivity (Wildman–Crippen MR) is 54.3 cm³/mol. The van der Waals surface area contributed by atoms with E-state index < -0.39 is 0 Å². The van der Waals surface area contributed by atoms with Crippen molar-refractivity contribution in [1.82, 2.24) is 9.78 Å². The van der Waals surface area contributed by atoms with Crippen LogP contribution in [0.1, 0.15) is 5.56 Å². The van der Waals surface area contributed by atoms with E-state index in [0.717, 1.165) is 20.9 Å². The minimum Gasteiger partial charge on any atom is -0.392 e. The van der Waals surface area contributed by atoms with Gasteiger partial charge in [-0.15, -0.1) is 0 Å². The van der Waals surface area contributed by atoms with E-state index in [4.69, 9.17) is 5.11 Å². The third-order valence-electron chi connectivity index (χ3n) is 1.96. The van der Waals surface area contributed by atoms with Gasteiger partial charge in [-0.2, -0.15) is 5.10 Å². The van der Waals surface area contributed by atoms with Gasteiger partial charge in [0.25, 0.3) is 0 Å². The minimum absolute atomic E-state index is 0.0348. The number of hydrogen-bond acceptors (Lipinski definition) is 2. The summed E-state index contributed by atoms with van der Waals surface area (Å²) in [7, 11) is 1.88. The largest absolute Gasteiger partial charge is 0.392 e. The van der Waals surface area contributed by atoms with E-state index in [1.54, 1.807) is 4.68 Å². The molecule has 0 atom stereocenters. The molecule has 0 unspecified atom stereocenters. The van der Waals surface area contributed by atoms with Gasteiger partial charge >= 0.3 is 0 Å². The minimum atomic E-state index is 0.0348. The third kappa shape index (κ3) is 1.47.